The fourth-order valence-corrected chi connectivity index (χ4v) is 5.39. The molecule has 0 aromatic heterocycles. The maximum Gasteiger partial charge on any atom is 0.0532 e. The molecule has 1 nitrogen and oxygen atoms in total. The van der Waals surface area contributed by atoms with E-state index in [1.807, 2.05) is 0 Å². The van der Waals surface area contributed by atoms with Crippen molar-refractivity contribution in [2.24, 2.45) is 29.1 Å². The quantitative estimate of drug-likeness (QED) is 0.695. The zero-order valence-electron chi connectivity index (χ0n) is 9.30. The van der Waals surface area contributed by atoms with Gasteiger partial charge in [0, 0.05) is 5.41 Å². The average Bonchev–Trinajstić information content (AvgIpc) is 2.91. The summed E-state index contributed by atoms with van der Waals surface area (Å²) in [5.41, 5.74) is 2.23. The third-order valence-electron chi connectivity index (χ3n) is 5.96. The van der Waals surface area contributed by atoms with Gasteiger partial charge in [-0.15, -0.1) is 0 Å². The summed E-state index contributed by atoms with van der Waals surface area (Å²) in [6.07, 6.45) is 1.51. The van der Waals surface area contributed by atoms with Crippen molar-refractivity contribution in [3.8, 4) is 0 Å². The van der Waals surface area contributed by atoms with Crippen molar-refractivity contribution >= 4 is 0 Å². The maximum atomic E-state index is 5.80. The Bertz CT molecular complexity index is 446. The van der Waals surface area contributed by atoms with E-state index in [-0.39, 0.29) is 0 Å². The molecule has 4 fully saturated rings. The SMILES string of the molecule is c1ccc([C@@H]2[C@@H]3[C@H]4C[C@H]4C34COC[C@@H]24)cc1. The lowest BCUT2D eigenvalue weighted by Gasteiger charge is -2.65. The van der Waals surface area contributed by atoms with Crippen LogP contribution in [0.25, 0.3) is 0 Å². The molecule has 1 unspecified atom stereocenters. The third kappa shape index (κ3) is 0.666. The van der Waals surface area contributed by atoms with Crippen molar-refractivity contribution in [1.29, 1.82) is 0 Å². The summed E-state index contributed by atoms with van der Waals surface area (Å²) in [6.45, 7) is 2.10. The zero-order chi connectivity index (χ0) is 10.3. The molecule has 1 aromatic rings. The Balaban J connectivity index is 1.58. The molecular formula is C15H16O. The van der Waals surface area contributed by atoms with Crippen LogP contribution in [0.15, 0.2) is 30.3 Å². The highest BCUT2D eigenvalue weighted by atomic mass is 16.5. The van der Waals surface area contributed by atoms with E-state index in [0.29, 0.717) is 5.41 Å². The fraction of sp³-hybridized carbons (Fsp3) is 0.600. The van der Waals surface area contributed by atoms with Crippen molar-refractivity contribution in [3.63, 3.8) is 0 Å². The van der Waals surface area contributed by atoms with Gasteiger partial charge in [-0.05, 0) is 41.6 Å². The maximum absolute atomic E-state index is 5.80. The second-order valence-corrected chi connectivity index (χ2v) is 6.20. The van der Waals surface area contributed by atoms with Crippen LogP contribution in [-0.4, -0.2) is 13.2 Å². The number of ether oxygens (including phenoxy) is 1. The van der Waals surface area contributed by atoms with Crippen LogP contribution in [0.1, 0.15) is 17.9 Å². The van der Waals surface area contributed by atoms with E-state index in [4.69, 9.17) is 4.74 Å². The van der Waals surface area contributed by atoms with Gasteiger partial charge < -0.3 is 4.74 Å². The van der Waals surface area contributed by atoms with Crippen molar-refractivity contribution in [2.75, 3.05) is 13.2 Å². The Morgan fingerprint density at radius 3 is 2.88 bits per heavy atom. The molecule has 3 saturated carbocycles. The van der Waals surface area contributed by atoms with Gasteiger partial charge >= 0.3 is 0 Å². The molecule has 0 radical (unpaired) electrons. The smallest absolute Gasteiger partial charge is 0.0532 e. The molecule has 0 bridgehead atoms. The second kappa shape index (κ2) is 2.38. The van der Waals surface area contributed by atoms with E-state index in [0.717, 1.165) is 42.8 Å². The molecule has 3 aliphatic carbocycles. The molecule has 1 aliphatic heterocycles. The van der Waals surface area contributed by atoms with Gasteiger partial charge in [-0.1, -0.05) is 30.3 Å². The number of rotatable bonds is 1. The van der Waals surface area contributed by atoms with Crippen molar-refractivity contribution in [3.05, 3.63) is 35.9 Å². The van der Waals surface area contributed by atoms with Crippen LogP contribution in [0.5, 0.6) is 0 Å². The highest BCUT2D eigenvalue weighted by molar-refractivity contribution is 5.39. The molecular weight excluding hydrogens is 196 g/mol. The summed E-state index contributed by atoms with van der Waals surface area (Å²) in [7, 11) is 0. The van der Waals surface area contributed by atoms with Crippen LogP contribution >= 0.6 is 0 Å². The average molecular weight is 212 g/mol. The van der Waals surface area contributed by atoms with Crippen LogP contribution in [0.2, 0.25) is 0 Å². The molecule has 1 saturated heterocycles. The van der Waals surface area contributed by atoms with Gasteiger partial charge in [0.05, 0.1) is 13.2 Å². The molecule has 1 aromatic carbocycles. The van der Waals surface area contributed by atoms with Crippen LogP contribution in [0.3, 0.4) is 0 Å². The highest BCUT2D eigenvalue weighted by Crippen LogP contribution is 2.86. The monoisotopic (exact) mass is 212 g/mol. The van der Waals surface area contributed by atoms with Gasteiger partial charge in [0.2, 0.25) is 0 Å². The molecule has 5 rings (SSSR count). The van der Waals surface area contributed by atoms with E-state index in [1.165, 1.54) is 6.42 Å². The van der Waals surface area contributed by atoms with E-state index in [9.17, 15) is 0 Å². The predicted octanol–water partition coefficient (Wildman–Crippen LogP) is 2.68. The van der Waals surface area contributed by atoms with Crippen LogP contribution in [-0.2, 0) is 4.74 Å². The van der Waals surface area contributed by atoms with E-state index in [2.05, 4.69) is 30.3 Å². The van der Waals surface area contributed by atoms with E-state index in [1.54, 1.807) is 5.56 Å². The summed E-state index contributed by atoms with van der Waals surface area (Å²) in [4.78, 5) is 0. The molecule has 16 heavy (non-hydrogen) atoms. The largest absolute Gasteiger partial charge is 0.381 e. The van der Waals surface area contributed by atoms with Crippen LogP contribution in [0.4, 0.5) is 0 Å². The summed E-state index contributed by atoms with van der Waals surface area (Å²) < 4.78 is 5.80. The standard InChI is InChI=1S/C15H16O/c1-2-4-9(5-3-1)13-12-7-16-8-15(12)11-6-10(11)14(13)15/h1-5,10-14H,6-8H2/t10-,11+,12-,13-,14-,15?/m0/s1. The molecule has 4 aliphatic rings. The Hall–Kier alpha value is -0.820. The third-order valence-corrected chi connectivity index (χ3v) is 5.96. The van der Waals surface area contributed by atoms with Crippen LogP contribution in [0, 0.1) is 29.1 Å². The number of hydrogen-bond acceptors (Lipinski definition) is 1. The van der Waals surface area contributed by atoms with Gasteiger partial charge in [0.15, 0.2) is 0 Å². The number of hydrogen-bond donors (Lipinski definition) is 0. The minimum absolute atomic E-state index is 0.658. The normalized spacial score (nSPS) is 55.4. The second-order valence-electron chi connectivity index (χ2n) is 6.20. The Morgan fingerprint density at radius 2 is 2.00 bits per heavy atom. The molecule has 1 heteroatoms. The minimum Gasteiger partial charge on any atom is -0.381 e. The van der Waals surface area contributed by atoms with E-state index < -0.39 is 0 Å². The predicted molar refractivity (Wildman–Crippen MR) is 61.0 cm³/mol. The Morgan fingerprint density at radius 1 is 1.12 bits per heavy atom. The summed E-state index contributed by atoms with van der Waals surface area (Å²) in [5, 5.41) is 0. The summed E-state index contributed by atoms with van der Waals surface area (Å²) in [6, 6.07) is 11.1. The molecule has 1 heterocycles. The summed E-state index contributed by atoms with van der Waals surface area (Å²) >= 11 is 0. The Kier molecular flexibility index (Phi) is 1.23. The molecule has 6 atom stereocenters. The molecule has 82 valence electrons. The minimum atomic E-state index is 0.658. The molecule has 1 spiro atoms. The highest BCUT2D eigenvalue weighted by Gasteiger charge is 2.83. The lowest BCUT2D eigenvalue weighted by Crippen LogP contribution is -2.63. The van der Waals surface area contributed by atoms with Gasteiger partial charge in [-0.25, -0.2) is 0 Å². The van der Waals surface area contributed by atoms with Gasteiger partial charge in [-0.2, -0.15) is 0 Å². The van der Waals surface area contributed by atoms with Gasteiger partial charge in [-0.3, -0.25) is 0 Å². The van der Waals surface area contributed by atoms with Crippen LogP contribution < -0.4 is 0 Å². The first kappa shape index (κ1) is 8.30. The van der Waals surface area contributed by atoms with Crippen molar-refractivity contribution < 1.29 is 4.74 Å². The fourth-order valence-electron chi connectivity index (χ4n) is 5.39. The lowest BCUT2D eigenvalue weighted by molar-refractivity contribution is -0.147. The Labute approximate surface area is 95.8 Å². The number of fused-ring (bicyclic) bond motifs is 2. The first-order valence-electron chi connectivity index (χ1n) is 6.55. The van der Waals surface area contributed by atoms with Gasteiger partial charge in [0.25, 0.3) is 0 Å². The van der Waals surface area contributed by atoms with Crippen molar-refractivity contribution in [2.45, 2.75) is 12.3 Å². The first-order valence-corrected chi connectivity index (χ1v) is 6.55. The van der Waals surface area contributed by atoms with Crippen molar-refractivity contribution in [1.82, 2.24) is 0 Å². The zero-order valence-corrected chi connectivity index (χ0v) is 9.30. The topological polar surface area (TPSA) is 9.23 Å². The molecule has 0 amide bonds. The number of benzene rings is 1. The molecule has 0 N–H and O–H groups in total. The van der Waals surface area contributed by atoms with E-state index >= 15 is 0 Å². The summed E-state index contributed by atoms with van der Waals surface area (Å²) in [5.74, 6) is 4.79. The first-order chi connectivity index (χ1) is 7.93. The lowest BCUT2D eigenvalue weighted by atomic mass is 9.37. The van der Waals surface area contributed by atoms with Gasteiger partial charge in [0.1, 0.15) is 0 Å².